The maximum Gasteiger partial charge on any atom is 0.331 e. The summed E-state index contributed by atoms with van der Waals surface area (Å²) < 4.78 is 15.7. The molecule has 1 fully saturated rings. The summed E-state index contributed by atoms with van der Waals surface area (Å²) in [6, 6.07) is 7.29. The van der Waals surface area contributed by atoms with Gasteiger partial charge in [0.15, 0.2) is 12.2 Å². The van der Waals surface area contributed by atoms with Gasteiger partial charge in [0, 0.05) is 25.3 Å². The predicted octanol–water partition coefficient (Wildman–Crippen LogP) is 1.68. The average Bonchev–Trinajstić information content (AvgIpc) is 3.25. The normalized spacial score (nSPS) is 17.4. The zero-order valence-electron chi connectivity index (χ0n) is 13.1. The first kappa shape index (κ1) is 16.2. The van der Waals surface area contributed by atoms with Gasteiger partial charge in [0.2, 0.25) is 5.89 Å². The van der Waals surface area contributed by atoms with E-state index < -0.39 is 5.97 Å². The maximum absolute atomic E-state index is 11.6. The van der Waals surface area contributed by atoms with E-state index in [0.29, 0.717) is 23.5 Å². The molecule has 7 heteroatoms. The Kier molecular flexibility index (Phi) is 5.22. The molecule has 1 aromatic carbocycles. The number of hydrogen-bond donors (Lipinski definition) is 1. The fourth-order valence-corrected chi connectivity index (χ4v) is 2.37. The van der Waals surface area contributed by atoms with Gasteiger partial charge in [0.05, 0.1) is 6.10 Å². The van der Waals surface area contributed by atoms with Crippen molar-refractivity contribution in [3.05, 3.63) is 36.2 Å². The van der Waals surface area contributed by atoms with Crippen molar-refractivity contribution < 1.29 is 23.5 Å². The monoisotopic (exact) mass is 330 g/mol. The van der Waals surface area contributed by atoms with Crippen molar-refractivity contribution in [1.29, 1.82) is 0 Å². The van der Waals surface area contributed by atoms with Crippen molar-refractivity contribution >= 4 is 29.1 Å². The molecule has 0 saturated carbocycles. The van der Waals surface area contributed by atoms with E-state index in [1.54, 1.807) is 6.07 Å². The molecule has 0 unspecified atom stereocenters. The Morgan fingerprint density at radius 3 is 3.04 bits per heavy atom. The second-order valence-corrected chi connectivity index (χ2v) is 5.40. The van der Waals surface area contributed by atoms with Gasteiger partial charge in [0.25, 0.3) is 5.91 Å². The molecule has 0 bridgehead atoms. The van der Waals surface area contributed by atoms with Crippen LogP contribution in [-0.2, 0) is 19.1 Å². The van der Waals surface area contributed by atoms with Crippen LogP contribution in [0.2, 0.25) is 0 Å². The molecule has 1 saturated heterocycles. The minimum absolute atomic E-state index is 0.0590. The number of carbonyl (C=O) groups is 2. The molecule has 1 aromatic heterocycles. The second-order valence-electron chi connectivity index (χ2n) is 5.40. The molecule has 7 nitrogen and oxygen atoms in total. The summed E-state index contributed by atoms with van der Waals surface area (Å²) >= 11 is 0. The Hall–Kier alpha value is -2.67. The maximum atomic E-state index is 11.6. The Morgan fingerprint density at radius 2 is 2.25 bits per heavy atom. The molecule has 1 N–H and O–H groups in total. The lowest BCUT2D eigenvalue weighted by Crippen LogP contribution is -2.34. The summed E-state index contributed by atoms with van der Waals surface area (Å²) in [7, 11) is 0. The Balaban J connectivity index is 1.42. The molecule has 1 amide bonds. The number of hydrogen-bond acceptors (Lipinski definition) is 6. The highest BCUT2D eigenvalue weighted by molar-refractivity contribution is 5.89. The average molecular weight is 330 g/mol. The van der Waals surface area contributed by atoms with Gasteiger partial charge in [-0.15, -0.1) is 0 Å². The number of oxazole rings is 1. The largest absolute Gasteiger partial charge is 0.452 e. The van der Waals surface area contributed by atoms with Crippen LogP contribution in [0.5, 0.6) is 0 Å². The van der Waals surface area contributed by atoms with Crippen LogP contribution in [0.25, 0.3) is 17.2 Å². The first-order valence-corrected chi connectivity index (χ1v) is 7.79. The van der Waals surface area contributed by atoms with Crippen molar-refractivity contribution in [3.8, 4) is 0 Å². The van der Waals surface area contributed by atoms with E-state index in [-0.39, 0.29) is 18.6 Å². The van der Waals surface area contributed by atoms with Gasteiger partial charge in [-0.2, -0.15) is 0 Å². The fraction of sp³-hybridized carbons (Fsp3) is 0.353. The van der Waals surface area contributed by atoms with Crippen molar-refractivity contribution in [1.82, 2.24) is 10.3 Å². The lowest BCUT2D eigenvalue weighted by molar-refractivity contribution is -0.143. The first-order valence-electron chi connectivity index (χ1n) is 7.79. The molecule has 1 aliphatic rings. The zero-order valence-corrected chi connectivity index (χ0v) is 13.1. The molecular weight excluding hydrogens is 312 g/mol. The summed E-state index contributed by atoms with van der Waals surface area (Å²) in [5.41, 5.74) is 1.35. The predicted molar refractivity (Wildman–Crippen MR) is 86.0 cm³/mol. The number of ether oxygens (including phenoxy) is 2. The first-order chi connectivity index (χ1) is 11.7. The number of aromatic nitrogens is 1. The van der Waals surface area contributed by atoms with Crippen LogP contribution in [0.15, 0.2) is 34.8 Å². The van der Waals surface area contributed by atoms with E-state index >= 15 is 0 Å². The fourth-order valence-electron chi connectivity index (χ4n) is 2.37. The molecule has 1 atom stereocenters. The van der Waals surface area contributed by atoms with Crippen molar-refractivity contribution in [3.63, 3.8) is 0 Å². The van der Waals surface area contributed by atoms with Gasteiger partial charge in [-0.3, -0.25) is 4.79 Å². The standard InChI is InChI=1S/C17H18N2O5/c20-15(18-10-12-4-3-9-22-12)11-23-17(21)8-7-16-19-13-5-1-2-6-14(13)24-16/h1-2,5-8,12H,3-4,9-11H2,(H,18,20)/b8-7+/t12-/m0/s1. The Labute approximate surface area is 138 Å². The van der Waals surface area contributed by atoms with Crippen LogP contribution in [-0.4, -0.2) is 42.7 Å². The Bertz CT molecular complexity index is 713. The lowest BCUT2D eigenvalue weighted by Gasteiger charge is -2.10. The zero-order chi connectivity index (χ0) is 16.8. The number of amides is 1. The number of para-hydroxylation sites is 2. The molecular formula is C17H18N2O5. The third kappa shape index (κ3) is 4.42. The van der Waals surface area contributed by atoms with Gasteiger partial charge in [-0.1, -0.05) is 12.1 Å². The van der Waals surface area contributed by atoms with Crippen LogP contribution < -0.4 is 5.32 Å². The number of rotatable bonds is 6. The van der Waals surface area contributed by atoms with E-state index in [1.165, 1.54) is 12.2 Å². The number of nitrogens with one attached hydrogen (secondary N) is 1. The van der Waals surface area contributed by atoms with Crippen molar-refractivity contribution in [2.24, 2.45) is 0 Å². The highest BCUT2D eigenvalue weighted by atomic mass is 16.5. The third-order valence-electron chi connectivity index (χ3n) is 3.57. The SMILES string of the molecule is O=C(COC(=O)/C=C/c1nc2ccccc2o1)NC[C@@H]1CCCO1. The van der Waals surface area contributed by atoms with Crippen molar-refractivity contribution in [2.75, 3.05) is 19.8 Å². The quantitative estimate of drug-likeness (QED) is 0.640. The molecule has 1 aliphatic heterocycles. The summed E-state index contributed by atoms with van der Waals surface area (Å²) in [5, 5.41) is 2.68. The Morgan fingerprint density at radius 1 is 1.38 bits per heavy atom. The minimum atomic E-state index is -0.635. The minimum Gasteiger partial charge on any atom is -0.452 e. The van der Waals surface area contributed by atoms with E-state index in [4.69, 9.17) is 13.9 Å². The van der Waals surface area contributed by atoms with E-state index in [0.717, 1.165) is 19.4 Å². The van der Waals surface area contributed by atoms with E-state index in [1.807, 2.05) is 18.2 Å². The van der Waals surface area contributed by atoms with Gasteiger partial charge < -0.3 is 19.2 Å². The van der Waals surface area contributed by atoms with Gasteiger partial charge >= 0.3 is 5.97 Å². The molecule has 0 aliphatic carbocycles. The molecule has 2 aromatic rings. The highest BCUT2D eigenvalue weighted by Gasteiger charge is 2.16. The number of fused-ring (bicyclic) bond motifs is 1. The van der Waals surface area contributed by atoms with Crippen molar-refractivity contribution in [2.45, 2.75) is 18.9 Å². The topological polar surface area (TPSA) is 90.7 Å². The van der Waals surface area contributed by atoms with E-state index in [2.05, 4.69) is 10.3 Å². The van der Waals surface area contributed by atoms with Crippen LogP contribution in [0.4, 0.5) is 0 Å². The summed E-state index contributed by atoms with van der Waals surface area (Å²) in [5.74, 6) is -0.686. The number of esters is 1. The smallest absolute Gasteiger partial charge is 0.331 e. The van der Waals surface area contributed by atoms with Crippen LogP contribution in [0, 0.1) is 0 Å². The lowest BCUT2D eigenvalue weighted by atomic mass is 10.2. The summed E-state index contributed by atoms with van der Waals surface area (Å²) in [6.07, 6.45) is 4.59. The molecule has 2 heterocycles. The van der Waals surface area contributed by atoms with Gasteiger partial charge in [0.1, 0.15) is 5.52 Å². The molecule has 126 valence electrons. The highest BCUT2D eigenvalue weighted by Crippen LogP contribution is 2.15. The molecule has 24 heavy (non-hydrogen) atoms. The third-order valence-corrected chi connectivity index (χ3v) is 3.57. The molecule has 0 spiro atoms. The molecule has 3 rings (SSSR count). The van der Waals surface area contributed by atoms with Crippen LogP contribution >= 0.6 is 0 Å². The second kappa shape index (κ2) is 7.74. The van der Waals surface area contributed by atoms with Crippen LogP contribution in [0.1, 0.15) is 18.7 Å². The number of carbonyl (C=O) groups excluding carboxylic acids is 2. The van der Waals surface area contributed by atoms with Gasteiger partial charge in [-0.05, 0) is 25.0 Å². The number of benzene rings is 1. The summed E-state index contributed by atoms with van der Waals surface area (Å²) in [6.45, 7) is 0.842. The van der Waals surface area contributed by atoms with E-state index in [9.17, 15) is 9.59 Å². The van der Waals surface area contributed by atoms with Gasteiger partial charge in [-0.25, -0.2) is 9.78 Å². The summed E-state index contributed by atoms with van der Waals surface area (Å²) in [4.78, 5) is 27.4. The molecule has 0 radical (unpaired) electrons. The van der Waals surface area contributed by atoms with Crippen LogP contribution in [0.3, 0.4) is 0 Å². The number of nitrogens with zero attached hydrogens (tertiary/aromatic N) is 1.